The van der Waals surface area contributed by atoms with Gasteiger partial charge >= 0.3 is 5.97 Å². The summed E-state index contributed by atoms with van der Waals surface area (Å²) in [5.41, 5.74) is 0. The van der Waals surface area contributed by atoms with Crippen LogP contribution < -0.4 is 5.32 Å². The fourth-order valence-electron chi connectivity index (χ4n) is 1.92. The first kappa shape index (κ1) is 11.7. The summed E-state index contributed by atoms with van der Waals surface area (Å²) in [5.74, 6) is 1.59. The molecule has 5 heteroatoms. The molecule has 3 unspecified atom stereocenters. The van der Waals surface area contributed by atoms with Gasteiger partial charge in [0, 0.05) is 12.3 Å². The molecule has 17 heavy (non-hydrogen) atoms. The van der Waals surface area contributed by atoms with E-state index in [-0.39, 0.29) is 6.42 Å². The molecule has 0 aliphatic heterocycles. The number of furan rings is 1. The highest BCUT2D eigenvalue weighted by molar-refractivity contribution is 5.76. The molecule has 0 spiro atoms. The van der Waals surface area contributed by atoms with Crippen LogP contribution in [0.5, 0.6) is 0 Å². The third-order valence-electron chi connectivity index (χ3n) is 3.13. The Morgan fingerprint density at radius 2 is 2.41 bits per heavy atom. The standard InChI is InChI=1S/C12H15NO4/c1-7-4-9(7)11-3-2-8(17-11)5-10(12(15)16)13-6-14/h2-3,6-7,9-10H,4-5H2,1H3,(H,13,14)(H,15,16). The van der Waals surface area contributed by atoms with Gasteiger partial charge in [0.2, 0.25) is 6.41 Å². The maximum absolute atomic E-state index is 10.8. The van der Waals surface area contributed by atoms with Crippen molar-refractivity contribution in [3.05, 3.63) is 23.7 Å². The third-order valence-corrected chi connectivity index (χ3v) is 3.13. The van der Waals surface area contributed by atoms with Gasteiger partial charge in [-0.05, 0) is 24.5 Å². The number of hydrogen-bond acceptors (Lipinski definition) is 3. The van der Waals surface area contributed by atoms with Gasteiger partial charge in [-0.1, -0.05) is 6.92 Å². The van der Waals surface area contributed by atoms with Crippen LogP contribution in [0.25, 0.3) is 0 Å². The molecule has 1 heterocycles. The van der Waals surface area contributed by atoms with E-state index in [2.05, 4.69) is 12.2 Å². The summed E-state index contributed by atoms with van der Waals surface area (Å²) < 4.78 is 5.59. The average Bonchev–Trinajstić information content (AvgIpc) is 2.83. The molecule has 0 aromatic carbocycles. The number of nitrogens with one attached hydrogen (secondary N) is 1. The lowest BCUT2D eigenvalue weighted by Crippen LogP contribution is -2.37. The molecule has 3 atom stereocenters. The molecule has 2 rings (SSSR count). The van der Waals surface area contributed by atoms with Gasteiger partial charge in [0.1, 0.15) is 17.6 Å². The smallest absolute Gasteiger partial charge is 0.326 e. The molecule has 1 amide bonds. The van der Waals surface area contributed by atoms with E-state index in [1.807, 2.05) is 6.07 Å². The van der Waals surface area contributed by atoms with Crippen molar-refractivity contribution in [1.29, 1.82) is 0 Å². The Balaban J connectivity index is 1.99. The second-order valence-electron chi connectivity index (χ2n) is 4.50. The Morgan fingerprint density at radius 1 is 1.71 bits per heavy atom. The molecule has 1 fully saturated rings. The second-order valence-corrected chi connectivity index (χ2v) is 4.50. The molecular formula is C12H15NO4. The summed E-state index contributed by atoms with van der Waals surface area (Å²) in [5, 5.41) is 11.1. The van der Waals surface area contributed by atoms with Gasteiger partial charge in [-0.3, -0.25) is 4.79 Å². The van der Waals surface area contributed by atoms with E-state index in [1.165, 1.54) is 0 Å². The molecule has 0 radical (unpaired) electrons. The van der Waals surface area contributed by atoms with Crippen molar-refractivity contribution in [2.45, 2.75) is 31.7 Å². The summed E-state index contributed by atoms with van der Waals surface area (Å²) in [6, 6.07) is 2.75. The van der Waals surface area contributed by atoms with Gasteiger partial charge in [0.25, 0.3) is 0 Å². The zero-order valence-electron chi connectivity index (χ0n) is 9.55. The first-order valence-corrected chi connectivity index (χ1v) is 5.63. The lowest BCUT2D eigenvalue weighted by molar-refractivity contribution is -0.140. The van der Waals surface area contributed by atoms with Crippen LogP contribution in [0.1, 0.15) is 30.8 Å². The fourth-order valence-corrected chi connectivity index (χ4v) is 1.92. The molecule has 0 saturated heterocycles. The number of rotatable bonds is 6. The maximum atomic E-state index is 10.8. The first-order valence-electron chi connectivity index (χ1n) is 5.63. The summed E-state index contributed by atoms with van der Waals surface area (Å²) in [7, 11) is 0. The van der Waals surface area contributed by atoms with E-state index in [0.717, 1.165) is 12.2 Å². The van der Waals surface area contributed by atoms with Crippen molar-refractivity contribution in [3.63, 3.8) is 0 Å². The van der Waals surface area contributed by atoms with Crippen LogP contribution in [0.15, 0.2) is 16.5 Å². The van der Waals surface area contributed by atoms with Gasteiger partial charge in [-0.15, -0.1) is 0 Å². The Morgan fingerprint density at radius 3 is 2.94 bits per heavy atom. The zero-order chi connectivity index (χ0) is 12.4. The van der Waals surface area contributed by atoms with Gasteiger partial charge in [0.15, 0.2) is 0 Å². The lowest BCUT2D eigenvalue weighted by Gasteiger charge is -2.08. The Labute approximate surface area is 98.8 Å². The zero-order valence-corrected chi connectivity index (χ0v) is 9.55. The molecule has 1 aromatic rings. The van der Waals surface area contributed by atoms with E-state index >= 15 is 0 Å². The molecule has 0 bridgehead atoms. The van der Waals surface area contributed by atoms with Crippen LogP contribution in [-0.4, -0.2) is 23.5 Å². The number of carbonyl (C=O) groups excluding carboxylic acids is 1. The Kier molecular flexibility index (Phi) is 3.17. The van der Waals surface area contributed by atoms with Crippen molar-refractivity contribution >= 4 is 12.4 Å². The monoisotopic (exact) mass is 237 g/mol. The SMILES string of the molecule is CC1CC1c1ccc(CC(NC=O)C(=O)O)o1. The van der Waals surface area contributed by atoms with E-state index < -0.39 is 12.0 Å². The number of carbonyl (C=O) groups is 2. The molecule has 5 nitrogen and oxygen atoms in total. The van der Waals surface area contributed by atoms with Crippen LogP contribution >= 0.6 is 0 Å². The van der Waals surface area contributed by atoms with Crippen LogP contribution in [0.4, 0.5) is 0 Å². The topological polar surface area (TPSA) is 79.5 Å². The van der Waals surface area contributed by atoms with Crippen molar-refractivity contribution in [3.8, 4) is 0 Å². The minimum atomic E-state index is -1.06. The number of aliphatic carboxylic acids is 1. The highest BCUT2D eigenvalue weighted by Crippen LogP contribution is 2.47. The number of carboxylic acids is 1. The summed E-state index contributed by atoms with van der Waals surface area (Å²) >= 11 is 0. The van der Waals surface area contributed by atoms with E-state index in [4.69, 9.17) is 9.52 Å². The van der Waals surface area contributed by atoms with Crippen LogP contribution in [0, 0.1) is 5.92 Å². The normalized spacial score (nSPS) is 24.1. The number of carboxylic acid groups (broad SMARTS) is 1. The van der Waals surface area contributed by atoms with Crippen molar-refractivity contribution in [2.24, 2.45) is 5.92 Å². The molecule has 1 aliphatic carbocycles. The van der Waals surface area contributed by atoms with Crippen molar-refractivity contribution in [1.82, 2.24) is 5.32 Å². The Hall–Kier alpha value is -1.78. The van der Waals surface area contributed by atoms with Crippen molar-refractivity contribution < 1.29 is 19.1 Å². The van der Waals surface area contributed by atoms with E-state index in [0.29, 0.717) is 24.0 Å². The van der Waals surface area contributed by atoms with Crippen LogP contribution in [0.2, 0.25) is 0 Å². The summed E-state index contributed by atoms with van der Waals surface area (Å²) in [6.07, 6.45) is 1.70. The average molecular weight is 237 g/mol. The Bertz CT molecular complexity index is 426. The predicted molar refractivity (Wildman–Crippen MR) is 59.6 cm³/mol. The summed E-state index contributed by atoms with van der Waals surface area (Å²) in [4.78, 5) is 21.1. The van der Waals surface area contributed by atoms with Gasteiger partial charge in [-0.25, -0.2) is 4.79 Å². The first-order chi connectivity index (χ1) is 8.11. The van der Waals surface area contributed by atoms with Crippen molar-refractivity contribution in [2.75, 3.05) is 0 Å². The summed E-state index contributed by atoms with van der Waals surface area (Å²) in [6.45, 7) is 2.15. The van der Waals surface area contributed by atoms with Crippen LogP contribution in [-0.2, 0) is 16.0 Å². The van der Waals surface area contributed by atoms with Gasteiger partial charge < -0.3 is 14.8 Å². The highest BCUT2D eigenvalue weighted by atomic mass is 16.4. The van der Waals surface area contributed by atoms with Crippen LogP contribution in [0.3, 0.4) is 0 Å². The number of amides is 1. The van der Waals surface area contributed by atoms with E-state index in [1.54, 1.807) is 6.07 Å². The van der Waals surface area contributed by atoms with Gasteiger partial charge in [-0.2, -0.15) is 0 Å². The third kappa shape index (κ3) is 2.67. The fraction of sp³-hybridized carbons (Fsp3) is 0.500. The maximum Gasteiger partial charge on any atom is 0.326 e. The minimum absolute atomic E-state index is 0.176. The lowest BCUT2D eigenvalue weighted by atomic mass is 10.2. The molecule has 1 aliphatic rings. The quantitative estimate of drug-likeness (QED) is 0.727. The number of hydrogen-bond donors (Lipinski definition) is 2. The second kappa shape index (κ2) is 4.61. The molecule has 92 valence electrons. The molecule has 1 aromatic heterocycles. The highest BCUT2D eigenvalue weighted by Gasteiger charge is 2.36. The molecule has 2 N–H and O–H groups in total. The molecule has 1 saturated carbocycles. The van der Waals surface area contributed by atoms with E-state index in [9.17, 15) is 9.59 Å². The molecular weight excluding hydrogens is 222 g/mol. The largest absolute Gasteiger partial charge is 0.480 e. The predicted octanol–water partition coefficient (Wildman–Crippen LogP) is 1.14. The van der Waals surface area contributed by atoms with Gasteiger partial charge in [0.05, 0.1) is 0 Å². The minimum Gasteiger partial charge on any atom is -0.480 e.